The Morgan fingerprint density at radius 2 is 2.20 bits per heavy atom. The van der Waals surface area contributed by atoms with Gasteiger partial charge in [-0.05, 0) is 50.2 Å². The van der Waals surface area contributed by atoms with Crippen LogP contribution in [0.3, 0.4) is 0 Å². The number of ether oxygens (including phenoxy) is 2. The molecule has 0 radical (unpaired) electrons. The lowest BCUT2D eigenvalue weighted by Crippen LogP contribution is -2.49. The van der Waals surface area contributed by atoms with Gasteiger partial charge in [0.05, 0.1) is 12.2 Å². The molecule has 1 aromatic rings. The van der Waals surface area contributed by atoms with Crippen LogP contribution in [0.1, 0.15) is 37.7 Å². The van der Waals surface area contributed by atoms with Gasteiger partial charge in [0.1, 0.15) is 0 Å². The van der Waals surface area contributed by atoms with Gasteiger partial charge in [-0.25, -0.2) is 0 Å². The lowest BCUT2D eigenvalue weighted by atomic mass is 9.74. The van der Waals surface area contributed by atoms with E-state index in [1.807, 2.05) is 0 Å². The van der Waals surface area contributed by atoms with Gasteiger partial charge in [0.15, 0.2) is 0 Å². The van der Waals surface area contributed by atoms with Crippen molar-refractivity contribution in [2.75, 3.05) is 25.6 Å². The van der Waals surface area contributed by atoms with E-state index < -0.39 is 0 Å². The van der Waals surface area contributed by atoms with Crippen LogP contribution in [0.2, 0.25) is 0 Å². The lowest BCUT2D eigenvalue weighted by molar-refractivity contribution is -0.130. The van der Waals surface area contributed by atoms with Crippen molar-refractivity contribution >= 4 is 5.69 Å². The van der Waals surface area contributed by atoms with Crippen molar-refractivity contribution in [2.45, 2.75) is 50.2 Å². The Hall–Kier alpha value is -1.06. The van der Waals surface area contributed by atoms with Gasteiger partial charge in [0.25, 0.3) is 0 Å². The van der Waals surface area contributed by atoms with E-state index in [1.54, 1.807) is 7.11 Å². The molecule has 1 N–H and O–H groups in total. The van der Waals surface area contributed by atoms with Crippen LogP contribution in [-0.2, 0) is 15.9 Å². The first-order valence-corrected chi connectivity index (χ1v) is 7.79. The van der Waals surface area contributed by atoms with E-state index in [2.05, 4.69) is 29.6 Å². The molecule has 3 heteroatoms. The van der Waals surface area contributed by atoms with Crippen LogP contribution < -0.4 is 5.32 Å². The summed E-state index contributed by atoms with van der Waals surface area (Å²) in [6, 6.07) is 9.14. The molecule has 1 spiro atoms. The van der Waals surface area contributed by atoms with Crippen LogP contribution >= 0.6 is 0 Å². The molecular formula is C17H25NO2. The summed E-state index contributed by atoms with van der Waals surface area (Å²) in [5.74, 6) is 0. The zero-order chi connectivity index (χ0) is 13.8. The molecule has 2 fully saturated rings. The topological polar surface area (TPSA) is 30.5 Å². The quantitative estimate of drug-likeness (QED) is 0.893. The third-order valence-electron chi connectivity index (χ3n) is 4.71. The molecule has 20 heavy (non-hydrogen) atoms. The molecule has 1 aliphatic carbocycles. The van der Waals surface area contributed by atoms with E-state index in [-0.39, 0.29) is 5.60 Å². The van der Waals surface area contributed by atoms with Crippen molar-refractivity contribution in [2.24, 2.45) is 0 Å². The number of hydrogen-bond acceptors (Lipinski definition) is 3. The summed E-state index contributed by atoms with van der Waals surface area (Å²) >= 11 is 0. The fourth-order valence-electron chi connectivity index (χ4n) is 3.38. The van der Waals surface area contributed by atoms with E-state index in [4.69, 9.17) is 9.47 Å². The second-order valence-corrected chi connectivity index (χ2v) is 6.12. The van der Waals surface area contributed by atoms with Gasteiger partial charge >= 0.3 is 0 Å². The Labute approximate surface area is 121 Å². The molecule has 2 aliphatic rings. The first-order valence-electron chi connectivity index (χ1n) is 7.79. The van der Waals surface area contributed by atoms with Gasteiger partial charge in [-0.15, -0.1) is 0 Å². The number of methoxy groups -OCH3 is 1. The number of para-hydroxylation sites is 1. The first-order chi connectivity index (χ1) is 9.81. The molecule has 3 nitrogen and oxygen atoms in total. The predicted octanol–water partition coefficient (Wildman–Crippen LogP) is 3.39. The molecule has 110 valence electrons. The fourth-order valence-corrected chi connectivity index (χ4v) is 3.38. The Balaban J connectivity index is 1.64. The molecule has 1 saturated carbocycles. The first kappa shape index (κ1) is 13.9. The Morgan fingerprint density at radius 3 is 2.95 bits per heavy atom. The highest BCUT2D eigenvalue weighted by atomic mass is 16.5. The zero-order valence-electron chi connectivity index (χ0n) is 12.4. The van der Waals surface area contributed by atoms with Gasteiger partial charge in [-0.2, -0.15) is 0 Å². The number of hydrogen-bond donors (Lipinski definition) is 1. The third kappa shape index (κ3) is 2.99. The van der Waals surface area contributed by atoms with Crippen molar-refractivity contribution in [3.8, 4) is 0 Å². The van der Waals surface area contributed by atoms with E-state index in [1.165, 1.54) is 30.5 Å². The Kier molecular flexibility index (Phi) is 4.27. The summed E-state index contributed by atoms with van der Waals surface area (Å²) in [7, 11) is 1.76. The van der Waals surface area contributed by atoms with Gasteiger partial charge in [0, 0.05) is 25.4 Å². The Bertz CT molecular complexity index is 442. The highest BCUT2D eigenvalue weighted by Gasteiger charge is 2.42. The van der Waals surface area contributed by atoms with Gasteiger partial charge in [-0.1, -0.05) is 18.2 Å². The highest BCUT2D eigenvalue weighted by Crippen LogP contribution is 2.42. The van der Waals surface area contributed by atoms with Crippen LogP contribution in [-0.4, -0.2) is 32.0 Å². The SMILES string of the molecule is COCCc1ccccc1NC1CCOC2(CCC2)C1. The number of anilines is 1. The second-order valence-electron chi connectivity index (χ2n) is 6.12. The third-order valence-corrected chi connectivity index (χ3v) is 4.71. The molecule has 1 aromatic carbocycles. The highest BCUT2D eigenvalue weighted by molar-refractivity contribution is 5.52. The number of nitrogens with one attached hydrogen (secondary N) is 1. The van der Waals surface area contributed by atoms with Gasteiger partial charge in [0.2, 0.25) is 0 Å². The van der Waals surface area contributed by atoms with Crippen LogP contribution in [0, 0.1) is 0 Å². The maximum atomic E-state index is 6.00. The summed E-state index contributed by atoms with van der Waals surface area (Å²) in [6.07, 6.45) is 7.06. The molecule has 1 saturated heterocycles. The molecule has 1 heterocycles. The Morgan fingerprint density at radius 1 is 1.35 bits per heavy atom. The largest absolute Gasteiger partial charge is 0.384 e. The summed E-state index contributed by atoms with van der Waals surface area (Å²) < 4.78 is 11.2. The van der Waals surface area contributed by atoms with Crippen LogP contribution in [0.15, 0.2) is 24.3 Å². The van der Waals surface area contributed by atoms with Crippen molar-refractivity contribution < 1.29 is 9.47 Å². The lowest BCUT2D eigenvalue weighted by Gasteiger charge is -2.47. The molecule has 0 bridgehead atoms. The summed E-state index contributed by atoms with van der Waals surface area (Å²) in [5, 5.41) is 3.75. The minimum atomic E-state index is 0.206. The molecule has 0 aromatic heterocycles. The molecule has 1 atom stereocenters. The van der Waals surface area contributed by atoms with Crippen LogP contribution in [0.4, 0.5) is 5.69 Å². The maximum absolute atomic E-state index is 6.00. The molecule has 1 unspecified atom stereocenters. The minimum absolute atomic E-state index is 0.206. The number of benzene rings is 1. The predicted molar refractivity (Wildman–Crippen MR) is 81.2 cm³/mol. The minimum Gasteiger partial charge on any atom is -0.384 e. The smallest absolute Gasteiger partial charge is 0.0702 e. The monoisotopic (exact) mass is 275 g/mol. The van der Waals surface area contributed by atoms with Gasteiger partial charge < -0.3 is 14.8 Å². The normalized spacial score (nSPS) is 24.4. The average molecular weight is 275 g/mol. The van der Waals surface area contributed by atoms with E-state index >= 15 is 0 Å². The van der Waals surface area contributed by atoms with Crippen LogP contribution in [0.25, 0.3) is 0 Å². The standard InChI is InChI=1S/C17H25NO2/c1-19-11-7-14-5-2-3-6-16(14)18-15-8-12-20-17(13-15)9-4-10-17/h2-3,5-6,15,18H,4,7-13H2,1H3. The average Bonchev–Trinajstić information content (AvgIpc) is 2.45. The van der Waals surface area contributed by atoms with E-state index in [0.29, 0.717) is 6.04 Å². The van der Waals surface area contributed by atoms with Crippen molar-refractivity contribution in [1.82, 2.24) is 0 Å². The van der Waals surface area contributed by atoms with Crippen molar-refractivity contribution in [1.29, 1.82) is 0 Å². The zero-order valence-corrected chi connectivity index (χ0v) is 12.4. The molecule has 3 rings (SSSR count). The van der Waals surface area contributed by atoms with E-state index in [0.717, 1.165) is 32.5 Å². The van der Waals surface area contributed by atoms with Crippen molar-refractivity contribution in [3.63, 3.8) is 0 Å². The fraction of sp³-hybridized carbons (Fsp3) is 0.647. The van der Waals surface area contributed by atoms with E-state index in [9.17, 15) is 0 Å². The summed E-state index contributed by atoms with van der Waals surface area (Å²) in [4.78, 5) is 0. The summed E-state index contributed by atoms with van der Waals surface area (Å²) in [5.41, 5.74) is 2.83. The van der Waals surface area contributed by atoms with Crippen LogP contribution in [0.5, 0.6) is 0 Å². The molecule has 0 amide bonds. The maximum Gasteiger partial charge on any atom is 0.0702 e. The molecular weight excluding hydrogens is 250 g/mol. The number of rotatable bonds is 5. The van der Waals surface area contributed by atoms with Gasteiger partial charge in [-0.3, -0.25) is 0 Å². The second kappa shape index (κ2) is 6.15. The molecule has 1 aliphatic heterocycles. The van der Waals surface area contributed by atoms with Crippen molar-refractivity contribution in [3.05, 3.63) is 29.8 Å². The summed E-state index contributed by atoms with van der Waals surface area (Å²) in [6.45, 7) is 1.67.